The maximum Gasteiger partial charge on any atom is 0.344 e. The van der Waals surface area contributed by atoms with Crippen molar-refractivity contribution in [2.24, 2.45) is 0 Å². The zero-order valence-corrected chi connectivity index (χ0v) is 20.5. The summed E-state index contributed by atoms with van der Waals surface area (Å²) in [7, 11) is 0. The lowest BCUT2D eigenvalue weighted by Gasteiger charge is -2.35. The summed E-state index contributed by atoms with van der Waals surface area (Å²) >= 11 is 3.42. The van der Waals surface area contributed by atoms with E-state index in [2.05, 4.69) is 33.2 Å². The average Bonchev–Trinajstić information content (AvgIpc) is 3.57. The SMILES string of the molecule is C[C@@]1(CCc2ccccc2)NC(=O)N(NC(=O)CN2CCc3sccc3[C@H]2c2cccs2)C1=O. The summed E-state index contributed by atoms with van der Waals surface area (Å²) in [6.07, 6.45) is 1.97. The lowest BCUT2D eigenvalue weighted by atomic mass is 9.93. The minimum Gasteiger partial charge on any atom is -0.322 e. The maximum absolute atomic E-state index is 13.1. The Balaban J connectivity index is 1.25. The third-order valence-electron chi connectivity index (χ3n) is 6.48. The Hall–Kier alpha value is -3.01. The van der Waals surface area contributed by atoms with E-state index in [0.717, 1.165) is 23.5 Å². The summed E-state index contributed by atoms with van der Waals surface area (Å²) < 4.78 is 0. The summed E-state index contributed by atoms with van der Waals surface area (Å²) in [6, 6.07) is 15.5. The fourth-order valence-corrected chi connectivity index (χ4v) is 6.44. The predicted molar refractivity (Wildman–Crippen MR) is 132 cm³/mol. The van der Waals surface area contributed by atoms with Gasteiger partial charge in [-0.05, 0) is 60.2 Å². The second-order valence-corrected chi connectivity index (χ2v) is 10.8. The zero-order valence-electron chi connectivity index (χ0n) is 18.8. The van der Waals surface area contributed by atoms with Crippen molar-refractivity contribution in [1.29, 1.82) is 0 Å². The van der Waals surface area contributed by atoms with Gasteiger partial charge in [-0.25, -0.2) is 4.79 Å². The van der Waals surface area contributed by atoms with Gasteiger partial charge in [-0.3, -0.25) is 19.9 Å². The molecule has 2 N–H and O–H groups in total. The Kier molecular flexibility index (Phi) is 6.24. The minimum absolute atomic E-state index is 0.00000521. The van der Waals surface area contributed by atoms with Crippen molar-refractivity contribution in [3.63, 3.8) is 0 Å². The van der Waals surface area contributed by atoms with Crippen LogP contribution in [0.3, 0.4) is 0 Å². The summed E-state index contributed by atoms with van der Waals surface area (Å²) in [5.41, 5.74) is 3.82. The number of benzene rings is 1. The average molecular weight is 495 g/mol. The van der Waals surface area contributed by atoms with E-state index in [4.69, 9.17) is 0 Å². The minimum atomic E-state index is -1.06. The molecule has 1 aromatic carbocycles. The van der Waals surface area contributed by atoms with E-state index >= 15 is 0 Å². The molecule has 5 rings (SSSR count). The number of hydrogen-bond donors (Lipinski definition) is 2. The van der Waals surface area contributed by atoms with Crippen molar-refractivity contribution < 1.29 is 14.4 Å². The molecule has 0 spiro atoms. The van der Waals surface area contributed by atoms with Gasteiger partial charge < -0.3 is 5.32 Å². The number of nitrogens with one attached hydrogen (secondary N) is 2. The van der Waals surface area contributed by atoms with Gasteiger partial charge in [0.15, 0.2) is 0 Å². The number of thiophene rings is 2. The summed E-state index contributed by atoms with van der Waals surface area (Å²) in [5.74, 6) is -0.814. The maximum atomic E-state index is 13.1. The number of amides is 4. The lowest BCUT2D eigenvalue weighted by molar-refractivity contribution is -0.139. The van der Waals surface area contributed by atoms with Crippen LogP contribution < -0.4 is 10.7 Å². The number of rotatable bonds is 7. The molecule has 0 bridgehead atoms. The first-order valence-corrected chi connectivity index (χ1v) is 13.0. The highest BCUT2D eigenvalue weighted by molar-refractivity contribution is 7.10. The fraction of sp³-hybridized carbons (Fsp3) is 0.320. The summed E-state index contributed by atoms with van der Waals surface area (Å²) in [4.78, 5) is 43.3. The van der Waals surface area contributed by atoms with Crippen molar-refractivity contribution in [3.8, 4) is 0 Å². The normalized spacial score (nSPS) is 22.5. The molecule has 0 unspecified atom stereocenters. The van der Waals surface area contributed by atoms with Crippen molar-refractivity contribution in [3.05, 3.63) is 80.2 Å². The van der Waals surface area contributed by atoms with Gasteiger partial charge in [-0.15, -0.1) is 22.7 Å². The molecular formula is C25H26N4O3S2. The monoisotopic (exact) mass is 494 g/mol. The quantitative estimate of drug-likeness (QED) is 0.491. The Morgan fingerprint density at radius 3 is 2.71 bits per heavy atom. The first-order chi connectivity index (χ1) is 16.4. The van der Waals surface area contributed by atoms with E-state index in [0.29, 0.717) is 12.8 Å². The number of urea groups is 1. The number of aryl methyl sites for hydroxylation is 1. The first kappa shape index (κ1) is 22.8. The van der Waals surface area contributed by atoms with Gasteiger partial charge in [0.05, 0.1) is 12.6 Å². The lowest BCUT2D eigenvalue weighted by Crippen LogP contribution is -2.52. The van der Waals surface area contributed by atoms with Crippen LogP contribution in [0.25, 0.3) is 0 Å². The topological polar surface area (TPSA) is 81.8 Å². The van der Waals surface area contributed by atoms with Crippen LogP contribution in [0.2, 0.25) is 0 Å². The van der Waals surface area contributed by atoms with Crippen molar-refractivity contribution in [2.75, 3.05) is 13.1 Å². The molecule has 34 heavy (non-hydrogen) atoms. The third-order valence-corrected chi connectivity index (χ3v) is 8.40. The van der Waals surface area contributed by atoms with Crippen molar-refractivity contribution in [1.82, 2.24) is 20.7 Å². The number of imide groups is 1. The molecule has 176 valence electrons. The number of hydrazine groups is 1. The molecule has 7 nitrogen and oxygen atoms in total. The Bertz CT molecular complexity index is 1190. The van der Waals surface area contributed by atoms with E-state index in [9.17, 15) is 14.4 Å². The zero-order chi connectivity index (χ0) is 23.7. The molecule has 0 aliphatic carbocycles. The third kappa shape index (κ3) is 4.38. The fourth-order valence-electron chi connectivity index (χ4n) is 4.66. The second kappa shape index (κ2) is 9.32. The summed E-state index contributed by atoms with van der Waals surface area (Å²) in [5, 5.41) is 7.74. The van der Waals surface area contributed by atoms with Crippen molar-refractivity contribution in [2.45, 2.75) is 37.8 Å². The van der Waals surface area contributed by atoms with Crippen LogP contribution in [0.4, 0.5) is 4.79 Å². The van der Waals surface area contributed by atoms with Crippen LogP contribution >= 0.6 is 22.7 Å². The molecule has 9 heteroatoms. The largest absolute Gasteiger partial charge is 0.344 e. The molecule has 2 aliphatic heterocycles. The van der Waals surface area contributed by atoms with Gasteiger partial charge >= 0.3 is 6.03 Å². The van der Waals surface area contributed by atoms with Gasteiger partial charge in [0.25, 0.3) is 11.8 Å². The van der Waals surface area contributed by atoms with Gasteiger partial charge in [0.2, 0.25) is 0 Å². The summed E-state index contributed by atoms with van der Waals surface area (Å²) in [6.45, 7) is 2.53. The van der Waals surface area contributed by atoms with E-state index in [1.807, 2.05) is 41.8 Å². The number of carbonyl (C=O) groups excluding carboxylic acids is 3. The Labute approximate surface area is 206 Å². The van der Waals surface area contributed by atoms with Gasteiger partial charge in [-0.2, -0.15) is 5.01 Å². The van der Waals surface area contributed by atoms with Crippen LogP contribution in [-0.2, 0) is 22.4 Å². The van der Waals surface area contributed by atoms with E-state index in [1.54, 1.807) is 29.6 Å². The van der Waals surface area contributed by atoms with Crippen LogP contribution in [-0.4, -0.2) is 46.4 Å². The van der Waals surface area contributed by atoms with Crippen LogP contribution in [0.1, 0.15) is 40.3 Å². The highest BCUT2D eigenvalue weighted by atomic mass is 32.1. The molecule has 0 saturated carbocycles. The van der Waals surface area contributed by atoms with E-state index < -0.39 is 17.5 Å². The standard InChI is InChI=1S/C25H26N4O3S2/c1-25(12-9-17-6-3-2-4-7-17)23(31)29(24(32)26-25)27-21(30)16-28-13-10-19-18(11-15-34-19)22(28)20-8-5-14-33-20/h2-8,11,14-15,22H,9-10,12-13,16H2,1H3,(H,26,32)(H,27,30)/t22-,25-/m0/s1. The molecule has 4 amide bonds. The van der Waals surface area contributed by atoms with Crippen LogP contribution in [0, 0.1) is 0 Å². The second-order valence-electron chi connectivity index (χ2n) is 8.86. The van der Waals surface area contributed by atoms with Gasteiger partial charge in [-0.1, -0.05) is 36.4 Å². The highest BCUT2D eigenvalue weighted by Gasteiger charge is 2.48. The molecule has 1 fully saturated rings. The van der Waals surface area contributed by atoms with Gasteiger partial charge in [0.1, 0.15) is 5.54 Å². The van der Waals surface area contributed by atoms with Gasteiger partial charge in [0, 0.05) is 16.3 Å². The van der Waals surface area contributed by atoms with Crippen LogP contribution in [0.15, 0.2) is 59.3 Å². The van der Waals surface area contributed by atoms with Crippen molar-refractivity contribution >= 4 is 40.5 Å². The van der Waals surface area contributed by atoms with E-state index in [-0.39, 0.29) is 18.5 Å². The molecule has 2 aliphatic rings. The highest BCUT2D eigenvalue weighted by Crippen LogP contribution is 2.39. The molecule has 1 saturated heterocycles. The number of carbonyl (C=O) groups is 3. The number of hydrogen-bond acceptors (Lipinski definition) is 6. The number of fused-ring (bicyclic) bond motifs is 1. The molecule has 3 aromatic rings. The first-order valence-electron chi connectivity index (χ1n) is 11.3. The molecule has 4 heterocycles. The predicted octanol–water partition coefficient (Wildman–Crippen LogP) is 3.73. The molecular weight excluding hydrogens is 468 g/mol. The van der Waals surface area contributed by atoms with Crippen LogP contribution in [0.5, 0.6) is 0 Å². The molecule has 2 atom stereocenters. The smallest absolute Gasteiger partial charge is 0.322 e. The molecule has 0 radical (unpaired) electrons. The van der Waals surface area contributed by atoms with E-state index in [1.165, 1.54) is 15.3 Å². The molecule has 2 aromatic heterocycles. The number of nitrogens with zero attached hydrogens (tertiary/aromatic N) is 2. The Morgan fingerprint density at radius 1 is 1.12 bits per heavy atom. The Morgan fingerprint density at radius 2 is 1.94 bits per heavy atom.